The highest BCUT2D eigenvalue weighted by Gasteiger charge is 2.33. The molecule has 0 atom stereocenters. The average molecular weight is 440 g/mol. The number of aryl methyl sites for hydroxylation is 1. The van der Waals surface area contributed by atoms with Gasteiger partial charge < -0.3 is 5.32 Å². The smallest absolute Gasteiger partial charge is 0.343 e. The van der Waals surface area contributed by atoms with E-state index in [2.05, 4.69) is 0 Å². The van der Waals surface area contributed by atoms with Crippen molar-refractivity contribution in [2.45, 2.75) is 24.2 Å². The van der Waals surface area contributed by atoms with E-state index in [1.54, 1.807) is 5.32 Å². The molecule has 0 bridgehead atoms. The van der Waals surface area contributed by atoms with Gasteiger partial charge in [0.2, 0.25) is 0 Å². The van der Waals surface area contributed by atoms with Gasteiger partial charge in [-0.3, -0.25) is 9.52 Å². The number of sulfonamides is 1. The van der Waals surface area contributed by atoms with Crippen LogP contribution in [0.3, 0.4) is 0 Å². The highest BCUT2D eigenvalue weighted by atomic mass is 32.2. The molecule has 0 aromatic heterocycles. The van der Waals surface area contributed by atoms with Crippen LogP contribution >= 0.6 is 0 Å². The van der Waals surface area contributed by atoms with E-state index < -0.39 is 40.4 Å². The Morgan fingerprint density at radius 3 is 2.07 bits per heavy atom. The molecule has 2 aromatic carbocycles. The number of halogens is 6. The molecule has 0 radical (unpaired) electrons. The van der Waals surface area contributed by atoms with Crippen molar-refractivity contribution < 1.29 is 39.6 Å². The van der Waals surface area contributed by atoms with Gasteiger partial charge in [0.1, 0.15) is 6.54 Å². The van der Waals surface area contributed by atoms with Crippen LogP contribution in [0.5, 0.6) is 0 Å². The summed E-state index contributed by atoms with van der Waals surface area (Å²) in [5.41, 5.74) is -1.64. The van der Waals surface area contributed by atoms with Gasteiger partial charge in [-0.15, -0.1) is 0 Å². The molecule has 5 nitrogen and oxygen atoms in total. The summed E-state index contributed by atoms with van der Waals surface area (Å²) >= 11 is 0. The Balaban J connectivity index is 2.19. The molecule has 1 amide bonds. The monoisotopic (exact) mass is 440 g/mol. The number of hydrogen-bond donors (Lipinski definition) is 2. The Morgan fingerprint density at radius 1 is 0.966 bits per heavy atom. The predicted molar refractivity (Wildman–Crippen MR) is 91.8 cm³/mol. The fourth-order valence-electron chi connectivity index (χ4n) is 2.27. The topological polar surface area (TPSA) is 75.3 Å². The molecule has 158 valence electrons. The first kappa shape index (κ1) is 22.5. The van der Waals surface area contributed by atoms with Crippen LogP contribution in [-0.4, -0.2) is 27.0 Å². The largest absolute Gasteiger partial charge is 0.416 e. The highest BCUT2D eigenvalue weighted by molar-refractivity contribution is 7.92. The van der Waals surface area contributed by atoms with E-state index in [0.717, 1.165) is 36.4 Å². The molecule has 0 unspecified atom stereocenters. The van der Waals surface area contributed by atoms with Gasteiger partial charge in [0.25, 0.3) is 15.9 Å². The van der Waals surface area contributed by atoms with E-state index in [9.17, 15) is 39.6 Å². The van der Waals surface area contributed by atoms with E-state index in [4.69, 9.17) is 0 Å². The SMILES string of the molecule is Cc1ccc(NS(=O)(=O)c2ccc(C(=O)NCC(F)(F)F)cc2)cc1C(F)(F)F. The van der Waals surface area contributed by atoms with Crippen LogP contribution < -0.4 is 10.0 Å². The Hall–Kier alpha value is -2.76. The number of benzene rings is 2. The zero-order chi connectivity index (χ0) is 22.0. The van der Waals surface area contributed by atoms with Gasteiger partial charge in [-0.1, -0.05) is 6.07 Å². The fourth-order valence-corrected chi connectivity index (χ4v) is 3.32. The molecule has 29 heavy (non-hydrogen) atoms. The third-order valence-corrected chi connectivity index (χ3v) is 5.07. The lowest BCUT2D eigenvalue weighted by molar-refractivity contribution is -0.138. The molecule has 0 heterocycles. The molecular weight excluding hydrogens is 426 g/mol. The fraction of sp³-hybridized carbons (Fsp3) is 0.235. The Bertz CT molecular complexity index is 999. The van der Waals surface area contributed by atoms with Gasteiger partial charge in [-0.2, -0.15) is 26.3 Å². The molecule has 0 spiro atoms. The first-order chi connectivity index (χ1) is 13.2. The molecule has 0 saturated heterocycles. The summed E-state index contributed by atoms with van der Waals surface area (Å²) in [6.07, 6.45) is -9.27. The number of hydrogen-bond acceptors (Lipinski definition) is 3. The van der Waals surface area contributed by atoms with Crippen LogP contribution in [0, 0.1) is 6.92 Å². The van der Waals surface area contributed by atoms with Crippen molar-refractivity contribution in [3.63, 3.8) is 0 Å². The van der Waals surface area contributed by atoms with Gasteiger partial charge in [-0.25, -0.2) is 8.42 Å². The van der Waals surface area contributed by atoms with Crippen LogP contribution in [-0.2, 0) is 16.2 Å². The second kappa shape index (κ2) is 7.93. The summed E-state index contributed by atoms with van der Waals surface area (Å²) in [6, 6.07) is 6.77. The average Bonchev–Trinajstić information content (AvgIpc) is 2.59. The summed E-state index contributed by atoms with van der Waals surface area (Å²) in [4.78, 5) is 11.2. The van der Waals surface area contributed by atoms with Crippen molar-refractivity contribution in [1.82, 2.24) is 5.32 Å². The van der Waals surface area contributed by atoms with Gasteiger partial charge in [0.15, 0.2) is 0 Å². The normalized spacial score (nSPS) is 12.5. The summed E-state index contributed by atoms with van der Waals surface area (Å²) < 4.78 is 102. The first-order valence-electron chi connectivity index (χ1n) is 7.85. The third-order valence-electron chi connectivity index (χ3n) is 3.67. The molecule has 2 rings (SSSR count). The standard InChI is InChI=1S/C17H14F6N2O3S/c1-10-2-5-12(8-14(10)17(21,22)23)25-29(27,28)13-6-3-11(4-7-13)15(26)24-9-16(18,19)20/h2-8,25H,9H2,1H3,(H,24,26). The van der Waals surface area contributed by atoms with Crippen molar-refractivity contribution >= 4 is 21.6 Å². The number of alkyl halides is 6. The maximum absolute atomic E-state index is 13.0. The van der Waals surface area contributed by atoms with E-state index in [1.807, 2.05) is 4.72 Å². The molecule has 0 aliphatic carbocycles. The Labute approximate surface area is 161 Å². The van der Waals surface area contributed by atoms with Gasteiger partial charge in [0, 0.05) is 11.3 Å². The van der Waals surface area contributed by atoms with E-state index >= 15 is 0 Å². The van der Waals surface area contributed by atoms with E-state index in [1.165, 1.54) is 6.92 Å². The summed E-state index contributed by atoms with van der Waals surface area (Å²) in [5, 5.41) is 1.63. The summed E-state index contributed by atoms with van der Waals surface area (Å²) in [6.45, 7) is -0.327. The lowest BCUT2D eigenvalue weighted by Crippen LogP contribution is -2.33. The molecule has 12 heteroatoms. The zero-order valence-electron chi connectivity index (χ0n) is 14.6. The van der Waals surface area contributed by atoms with Crippen LogP contribution in [0.4, 0.5) is 32.0 Å². The van der Waals surface area contributed by atoms with Crippen LogP contribution in [0.25, 0.3) is 0 Å². The summed E-state index contributed by atoms with van der Waals surface area (Å²) in [7, 11) is -4.30. The maximum atomic E-state index is 13.0. The number of rotatable bonds is 5. The summed E-state index contributed by atoms with van der Waals surface area (Å²) in [5.74, 6) is -1.06. The number of carbonyl (C=O) groups excluding carboxylic acids is 1. The molecule has 0 saturated carbocycles. The molecule has 2 N–H and O–H groups in total. The van der Waals surface area contributed by atoms with E-state index in [-0.39, 0.29) is 21.7 Å². The van der Waals surface area contributed by atoms with Crippen LogP contribution in [0.2, 0.25) is 0 Å². The van der Waals surface area contributed by atoms with E-state index in [0.29, 0.717) is 6.07 Å². The quantitative estimate of drug-likeness (QED) is 0.688. The number of nitrogens with one attached hydrogen (secondary N) is 2. The lowest BCUT2D eigenvalue weighted by Gasteiger charge is -2.14. The van der Waals surface area contributed by atoms with Crippen LogP contribution in [0.15, 0.2) is 47.4 Å². The molecule has 2 aromatic rings. The van der Waals surface area contributed by atoms with Crippen molar-refractivity contribution in [1.29, 1.82) is 0 Å². The van der Waals surface area contributed by atoms with Crippen LogP contribution in [0.1, 0.15) is 21.5 Å². The zero-order valence-corrected chi connectivity index (χ0v) is 15.5. The molecule has 0 aliphatic heterocycles. The Kier molecular flexibility index (Phi) is 6.16. The number of anilines is 1. The minimum absolute atomic E-state index is 0.0883. The highest BCUT2D eigenvalue weighted by Crippen LogP contribution is 2.33. The number of carbonyl (C=O) groups is 1. The molecule has 0 fully saturated rings. The van der Waals surface area contributed by atoms with Crippen molar-refractivity contribution in [3.05, 3.63) is 59.2 Å². The molecule has 0 aliphatic rings. The van der Waals surface area contributed by atoms with Crippen molar-refractivity contribution in [2.24, 2.45) is 0 Å². The lowest BCUT2D eigenvalue weighted by atomic mass is 10.1. The second-order valence-electron chi connectivity index (χ2n) is 5.96. The maximum Gasteiger partial charge on any atom is 0.416 e. The molecular formula is C17H14F6N2O3S. The number of amides is 1. The minimum Gasteiger partial charge on any atom is -0.343 e. The third kappa shape index (κ3) is 6.11. The van der Waals surface area contributed by atoms with Gasteiger partial charge >= 0.3 is 12.4 Å². The first-order valence-corrected chi connectivity index (χ1v) is 9.33. The van der Waals surface area contributed by atoms with Gasteiger partial charge in [-0.05, 0) is 48.9 Å². The van der Waals surface area contributed by atoms with Crippen molar-refractivity contribution in [3.8, 4) is 0 Å². The predicted octanol–water partition coefficient (Wildman–Crippen LogP) is 4.11. The minimum atomic E-state index is -4.67. The Morgan fingerprint density at radius 2 is 1.55 bits per heavy atom. The van der Waals surface area contributed by atoms with Crippen molar-refractivity contribution in [2.75, 3.05) is 11.3 Å². The second-order valence-corrected chi connectivity index (χ2v) is 7.64. The van der Waals surface area contributed by atoms with Gasteiger partial charge in [0.05, 0.1) is 10.5 Å².